The van der Waals surface area contributed by atoms with Crippen LogP contribution in [0.25, 0.3) is 0 Å². The van der Waals surface area contributed by atoms with Crippen LogP contribution in [0.2, 0.25) is 0 Å². The maximum Gasteiger partial charge on any atom is 0.337 e. The third-order valence-corrected chi connectivity index (χ3v) is 2.24. The van der Waals surface area contributed by atoms with Gasteiger partial charge in [0.05, 0.1) is 18.8 Å². The first-order valence-electron chi connectivity index (χ1n) is 3.98. The second kappa shape index (κ2) is 2.81. The van der Waals surface area contributed by atoms with Crippen LogP contribution in [0.15, 0.2) is 6.20 Å². The lowest BCUT2D eigenvalue weighted by molar-refractivity contribution is 0.0692. The number of nitrogens with zero attached hydrogens (tertiary/aromatic N) is 1. The van der Waals surface area contributed by atoms with Crippen molar-refractivity contribution >= 4 is 5.97 Å². The van der Waals surface area contributed by atoms with E-state index in [0.717, 1.165) is 16.8 Å². The van der Waals surface area contributed by atoms with Crippen molar-refractivity contribution in [3.63, 3.8) is 0 Å². The number of carboxylic acids is 1. The average molecular weight is 179 g/mol. The van der Waals surface area contributed by atoms with Gasteiger partial charge in [-0.15, -0.1) is 0 Å². The smallest absolute Gasteiger partial charge is 0.337 e. The molecule has 4 nitrogen and oxygen atoms in total. The molecule has 2 rings (SSSR count). The number of fused-ring (bicyclic) bond motifs is 1. The number of ether oxygens (including phenoxy) is 1. The molecule has 0 fully saturated rings. The molecule has 0 aromatic carbocycles. The molecule has 0 spiro atoms. The first-order chi connectivity index (χ1) is 6.20. The zero-order valence-corrected chi connectivity index (χ0v) is 7.20. The van der Waals surface area contributed by atoms with E-state index < -0.39 is 5.97 Å². The van der Waals surface area contributed by atoms with E-state index in [1.807, 2.05) is 6.92 Å². The number of rotatable bonds is 1. The molecule has 0 saturated heterocycles. The van der Waals surface area contributed by atoms with Crippen molar-refractivity contribution in [3.05, 3.63) is 28.6 Å². The van der Waals surface area contributed by atoms with Crippen molar-refractivity contribution in [1.29, 1.82) is 0 Å². The fourth-order valence-electron chi connectivity index (χ4n) is 1.49. The van der Waals surface area contributed by atoms with Crippen LogP contribution in [0.1, 0.15) is 27.2 Å². The second-order valence-corrected chi connectivity index (χ2v) is 3.01. The summed E-state index contributed by atoms with van der Waals surface area (Å²) in [4.78, 5) is 14.8. The summed E-state index contributed by atoms with van der Waals surface area (Å²) in [6.45, 7) is 2.73. The lowest BCUT2D eigenvalue weighted by Crippen LogP contribution is -2.04. The molecule has 4 heteroatoms. The Bertz CT molecular complexity index is 373. The minimum Gasteiger partial charge on any atom is -0.478 e. The summed E-state index contributed by atoms with van der Waals surface area (Å²) in [5.41, 5.74) is 2.83. The highest BCUT2D eigenvalue weighted by atomic mass is 16.5. The number of carboxylic acid groups (broad SMARTS) is 1. The van der Waals surface area contributed by atoms with E-state index in [1.54, 1.807) is 0 Å². The molecule has 13 heavy (non-hydrogen) atoms. The van der Waals surface area contributed by atoms with E-state index in [2.05, 4.69) is 4.98 Å². The van der Waals surface area contributed by atoms with Gasteiger partial charge in [-0.2, -0.15) is 0 Å². The van der Waals surface area contributed by atoms with Gasteiger partial charge in [-0.05, 0) is 6.92 Å². The number of aromatic carboxylic acids is 1. The molecule has 1 N–H and O–H groups in total. The van der Waals surface area contributed by atoms with Gasteiger partial charge in [-0.1, -0.05) is 0 Å². The number of hydrogen-bond acceptors (Lipinski definition) is 3. The van der Waals surface area contributed by atoms with E-state index in [1.165, 1.54) is 6.20 Å². The topological polar surface area (TPSA) is 59.4 Å². The van der Waals surface area contributed by atoms with Gasteiger partial charge < -0.3 is 9.84 Å². The minimum absolute atomic E-state index is 0.262. The number of aryl methyl sites for hydroxylation is 1. The van der Waals surface area contributed by atoms with Crippen LogP contribution < -0.4 is 0 Å². The quantitative estimate of drug-likeness (QED) is 0.701. The Morgan fingerprint density at radius 1 is 1.54 bits per heavy atom. The van der Waals surface area contributed by atoms with Gasteiger partial charge in [0, 0.05) is 23.0 Å². The Hall–Kier alpha value is -1.42. The Morgan fingerprint density at radius 2 is 2.23 bits per heavy atom. The van der Waals surface area contributed by atoms with Gasteiger partial charge in [0.2, 0.25) is 0 Å². The second-order valence-electron chi connectivity index (χ2n) is 3.01. The molecular formula is C9H9NO3. The SMILES string of the molecule is Cc1ncc(C(=O)O)c2c1COC2. The molecule has 0 aliphatic carbocycles. The van der Waals surface area contributed by atoms with Crippen LogP contribution in [-0.2, 0) is 18.0 Å². The van der Waals surface area contributed by atoms with Crippen molar-refractivity contribution in [2.45, 2.75) is 20.1 Å². The molecule has 1 aromatic rings. The standard InChI is InChI=1S/C9H9NO3/c1-5-7-3-13-4-8(7)6(2-10-5)9(11)12/h2H,3-4H2,1H3,(H,11,12). The summed E-state index contributed by atoms with van der Waals surface area (Å²) in [7, 11) is 0. The fourth-order valence-corrected chi connectivity index (χ4v) is 1.49. The molecule has 0 atom stereocenters. The maximum atomic E-state index is 10.8. The first-order valence-corrected chi connectivity index (χ1v) is 3.98. The number of hydrogen-bond donors (Lipinski definition) is 1. The minimum atomic E-state index is -0.936. The largest absolute Gasteiger partial charge is 0.478 e. The van der Waals surface area contributed by atoms with Gasteiger partial charge in [0.15, 0.2) is 0 Å². The number of carbonyl (C=O) groups is 1. The predicted octanol–water partition coefficient (Wildman–Crippen LogP) is 1.12. The van der Waals surface area contributed by atoms with Crippen LogP contribution in [0, 0.1) is 6.92 Å². The zero-order valence-electron chi connectivity index (χ0n) is 7.20. The summed E-state index contributed by atoms with van der Waals surface area (Å²) in [6.07, 6.45) is 1.39. The van der Waals surface area contributed by atoms with Crippen LogP contribution in [0.3, 0.4) is 0 Å². The summed E-state index contributed by atoms with van der Waals surface area (Å²) in [5, 5.41) is 8.84. The van der Waals surface area contributed by atoms with Gasteiger partial charge in [-0.3, -0.25) is 4.98 Å². The van der Waals surface area contributed by atoms with E-state index in [4.69, 9.17) is 9.84 Å². The molecule has 2 heterocycles. The molecule has 1 aliphatic rings. The predicted molar refractivity (Wildman–Crippen MR) is 44.4 cm³/mol. The van der Waals surface area contributed by atoms with E-state index >= 15 is 0 Å². The molecule has 68 valence electrons. The molecule has 1 aliphatic heterocycles. The van der Waals surface area contributed by atoms with Crippen molar-refractivity contribution in [2.24, 2.45) is 0 Å². The number of pyridine rings is 1. The lowest BCUT2D eigenvalue weighted by atomic mass is 10.0. The Labute approximate surface area is 75.2 Å². The van der Waals surface area contributed by atoms with Crippen LogP contribution in [0.5, 0.6) is 0 Å². The first kappa shape index (κ1) is 8.19. The molecule has 0 amide bonds. The van der Waals surface area contributed by atoms with Crippen molar-refractivity contribution in [1.82, 2.24) is 4.98 Å². The molecule has 0 saturated carbocycles. The Kier molecular flexibility index (Phi) is 1.77. The van der Waals surface area contributed by atoms with Gasteiger partial charge in [0.25, 0.3) is 0 Å². The van der Waals surface area contributed by atoms with Crippen molar-refractivity contribution in [2.75, 3.05) is 0 Å². The highest BCUT2D eigenvalue weighted by Gasteiger charge is 2.21. The summed E-state index contributed by atoms with van der Waals surface area (Å²) in [6, 6.07) is 0. The van der Waals surface area contributed by atoms with Crippen LogP contribution in [-0.4, -0.2) is 16.1 Å². The van der Waals surface area contributed by atoms with Crippen LogP contribution in [0.4, 0.5) is 0 Å². The Morgan fingerprint density at radius 3 is 2.92 bits per heavy atom. The van der Waals surface area contributed by atoms with Gasteiger partial charge >= 0.3 is 5.97 Å². The Balaban J connectivity index is 2.62. The van der Waals surface area contributed by atoms with Crippen molar-refractivity contribution in [3.8, 4) is 0 Å². The molecule has 0 bridgehead atoms. The third-order valence-electron chi connectivity index (χ3n) is 2.24. The van der Waals surface area contributed by atoms with E-state index in [9.17, 15) is 4.79 Å². The monoisotopic (exact) mass is 179 g/mol. The molecule has 0 radical (unpaired) electrons. The van der Waals surface area contributed by atoms with E-state index in [-0.39, 0.29) is 5.56 Å². The lowest BCUT2D eigenvalue weighted by Gasteiger charge is -2.03. The van der Waals surface area contributed by atoms with Crippen LogP contribution >= 0.6 is 0 Å². The van der Waals surface area contributed by atoms with Gasteiger partial charge in [-0.25, -0.2) is 4.79 Å². The highest BCUT2D eigenvalue weighted by molar-refractivity contribution is 5.89. The third kappa shape index (κ3) is 1.19. The average Bonchev–Trinajstić information content (AvgIpc) is 2.53. The summed E-state index contributed by atoms with van der Waals surface area (Å²) < 4.78 is 5.18. The molecular weight excluding hydrogens is 170 g/mol. The molecule has 1 aromatic heterocycles. The highest BCUT2D eigenvalue weighted by Crippen LogP contribution is 2.24. The fraction of sp³-hybridized carbons (Fsp3) is 0.333. The van der Waals surface area contributed by atoms with Crippen molar-refractivity contribution < 1.29 is 14.6 Å². The normalized spacial score (nSPS) is 14.2. The summed E-state index contributed by atoms with van der Waals surface area (Å²) in [5.74, 6) is -0.936. The van der Waals surface area contributed by atoms with E-state index in [0.29, 0.717) is 13.2 Å². The molecule has 0 unspecified atom stereocenters. The summed E-state index contributed by atoms with van der Waals surface area (Å²) >= 11 is 0. The zero-order chi connectivity index (χ0) is 9.42. The maximum absolute atomic E-state index is 10.8. The van der Waals surface area contributed by atoms with Gasteiger partial charge in [0.1, 0.15) is 0 Å². The number of aromatic nitrogens is 1.